The van der Waals surface area contributed by atoms with Gasteiger partial charge in [-0.25, -0.2) is 0 Å². The van der Waals surface area contributed by atoms with Gasteiger partial charge in [0.2, 0.25) is 11.8 Å². The van der Waals surface area contributed by atoms with E-state index in [-0.39, 0.29) is 23.6 Å². The lowest BCUT2D eigenvalue weighted by molar-refractivity contribution is -0.130. The first-order valence-electron chi connectivity index (χ1n) is 11.5. The molecule has 5 rings (SSSR count). The summed E-state index contributed by atoms with van der Waals surface area (Å²) in [7, 11) is 3.06. The fraction of sp³-hybridized carbons (Fsp3) is 0.259. The van der Waals surface area contributed by atoms with Crippen molar-refractivity contribution in [2.24, 2.45) is 5.92 Å². The minimum atomic E-state index is -1.29. The highest BCUT2D eigenvalue weighted by atomic mass is 35.5. The summed E-state index contributed by atoms with van der Waals surface area (Å²) in [4.78, 5) is 27.4. The molecule has 1 spiro atoms. The third-order valence-electron chi connectivity index (χ3n) is 6.89. The number of carbonyl (C=O) groups is 2. The van der Waals surface area contributed by atoms with Gasteiger partial charge in [0.25, 0.3) is 0 Å². The molecule has 0 aliphatic carbocycles. The van der Waals surface area contributed by atoms with Crippen molar-refractivity contribution < 1.29 is 24.2 Å². The number of phenols is 1. The number of anilines is 2. The maximum Gasteiger partial charge on any atom is 0.250 e. The van der Waals surface area contributed by atoms with Gasteiger partial charge in [0.1, 0.15) is 22.8 Å². The van der Waals surface area contributed by atoms with E-state index in [1.165, 1.54) is 7.11 Å². The Morgan fingerprint density at radius 3 is 2.61 bits per heavy atom. The van der Waals surface area contributed by atoms with Crippen molar-refractivity contribution >= 4 is 34.8 Å². The quantitative estimate of drug-likeness (QED) is 0.400. The van der Waals surface area contributed by atoms with Gasteiger partial charge in [-0.15, -0.1) is 0 Å². The summed E-state index contributed by atoms with van der Waals surface area (Å²) in [6.45, 7) is 0. The minimum Gasteiger partial charge on any atom is -0.508 e. The highest BCUT2D eigenvalue weighted by molar-refractivity contribution is 6.31. The SMILES string of the molecule is COc1ccc(OC)c(NC(=O)[C@H]2C[C@H](Cc3ccc(O)cc3)N[C@]23C(=O)Nc2ccc(Cl)cc23)c1. The van der Waals surface area contributed by atoms with E-state index in [0.29, 0.717) is 46.3 Å². The van der Waals surface area contributed by atoms with Gasteiger partial charge >= 0.3 is 0 Å². The van der Waals surface area contributed by atoms with Crippen LogP contribution in [0.4, 0.5) is 11.4 Å². The fourth-order valence-electron chi connectivity index (χ4n) is 5.21. The molecule has 0 saturated carbocycles. The average molecular weight is 508 g/mol. The van der Waals surface area contributed by atoms with Crippen molar-refractivity contribution in [1.82, 2.24) is 5.32 Å². The normalized spacial score (nSPS) is 22.2. The number of hydrogen-bond acceptors (Lipinski definition) is 6. The summed E-state index contributed by atoms with van der Waals surface area (Å²) in [5.74, 6) is -0.153. The number of amides is 2. The summed E-state index contributed by atoms with van der Waals surface area (Å²) in [6, 6.07) is 17.0. The largest absolute Gasteiger partial charge is 0.508 e. The lowest BCUT2D eigenvalue weighted by Gasteiger charge is -2.29. The molecule has 1 saturated heterocycles. The van der Waals surface area contributed by atoms with Gasteiger partial charge in [-0.3, -0.25) is 14.9 Å². The molecule has 3 atom stereocenters. The zero-order valence-electron chi connectivity index (χ0n) is 19.8. The molecule has 0 unspecified atom stereocenters. The van der Waals surface area contributed by atoms with Crippen molar-refractivity contribution in [3.05, 3.63) is 76.8 Å². The Balaban J connectivity index is 1.52. The molecular weight excluding hydrogens is 482 g/mol. The Morgan fingerprint density at radius 1 is 1.11 bits per heavy atom. The predicted molar refractivity (Wildman–Crippen MR) is 137 cm³/mol. The van der Waals surface area contributed by atoms with Crippen LogP contribution in [0.25, 0.3) is 0 Å². The van der Waals surface area contributed by atoms with Gasteiger partial charge in [0.15, 0.2) is 0 Å². The van der Waals surface area contributed by atoms with Gasteiger partial charge in [0.05, 0.1) is 25.8 Å². The first kappa shape index (κ1) is 24.0. The number of hydrogen-bond donors (Lipinski definition) is 4. The van der Waals surface area contributed by atoms with Gasteiger partial charge in [-0.05, 0) is 60.9 Å². The molecule has 2 aliphatic heterocycles. The van der Waals surface area contributed by atoms with E-state index in [1.807, 2.05) is 12.1 Å². The molecule has 3 aromatic carbocycles. The maximum atomic E-state index is 13.8. The fourth-order valence-corrected chi connectivity index (χ4v) is 5.39. The molecule has 3 aromatic rings. The first-order chi connectivity index (χ1) is 17.3. The molecule has 0 bridgehead atoms. The van der Waals surface area contributed by atoms with Crippen molar-refractivity contribution in [3.8, 4) is 17.2 Å². The van der Waals surface area contributed by atoms with E-state index in [4.69, 9.17) is 21.1 Å². The number of methoxy groups -OCH3 is 2. The molecule has 2 heterocycles. The lowest BCUT2D eigenvalue weighted by atomic mass is 9.79. The van der Waals surface area contributed by atoms with E-state index in [1.54, 1.807) is 55.6 Å². The molecule has 36 heavy (non-hydrogen) atoms. The molecule has 9 heteroatoms. The number of nitrogens with one attached hydrogen (secondary N) is 3. The summed E-state index contributed by atoms with van der Waals surface area (Å²) in [5.41, 5.74) is 1.40. The number of benzene rings is 3. The van der Waals surface area contributed by atoms with Crippen LogP contribution in [0, 0.1) is 5.92 Å². The standard InChI is InChI=1S/C27H26ClN3O5/c1-35-19-8-10-24(36-2)23(14-19)29-25(33)21-13-17(11-15-3-6-18(32)7-4-15)31-27(21)20-12-16(28)5-9-22(20)30-26(27)34/h3-10,12,14,17,21,31-32H,11,13H2,1-2H3,(H,29,33)(H,30,34)/t17-,21+,27-/m0/s1. The van der Waals surface area contributed by atoms with Crippen LogP contribution < -0.4 is 25.4 Å². The number of fused-ring (bicyclic) bond motifs is 2. The van der Waals surface area contributed by atoms with Crippen LogP contribution in [0.1, 0.15) is 17.5 Å². The number of phenolic OH excluding ortho intramolecular Hbond substituents is 1. The van der Waals surface area contributed by atoms with Gasteiger partial charge in [-0.1, -0.05) is 23.7 Å². The summed E-state index contributed by atoms with van der Waals surface area (Å²) < 4.78 is 10.7. The number of carbonyl (C=O) groups excluding carboxylic acids is 2. The second-order valence-corrected chi connectivity index (χ2v) is 9.44. The monoisotopic (exact) mass is 507 g/mol. The van der Waals surface area contributed by atoms with E-state index in [9.17, 15) is 14.7 Å². The van der Waals surface area contributed by atoms with Crippen LogP contribution in [0.5, 0.6) is 17.2 Å². The van der Waals surface area contributed by atoms with Crippen LogP contribution in [0.2, 0.25) is 5.02 Å². The van der Waals surface area contributed by atoms with Crippen molar-refractivity contribution in [2.75, 3.05) is 24.9 Å². The molecule has 0 aromatic heterocycles. The Bertz CT molecular complexity index is 1330. The second-order valence-electron chi connectivity index (χ2n) is 9.01. The topological polar surface area (TPSA) is 109 Å². The van der Waals surface area contributed by atoms with Gasteiger partial charge in [-0.2, -0.15) is 0 Å². The summed E-state index contributed by atoms with van der Waals surface area (Å²) in [6.07, 6.45) is 0.968. The Kier molecular flexibility index (Phi) is 6.24. The molecule has 8 nitrogen and oxygen atoms in total. The van der Waals surface area contributed by atoms with Crippen LogP contribution in [-0.2, 0) is 21.5 Å². The van der Waals surface area contributed by atoms with Crippen LogP contribution in [0.15, 0.2) is 60.7 Å². The number of rotatable bonds is 6. The Hall–Kier alpha value is -3.75. The first-order valence-corrected chi connectivity index (χ1v) is 11.9. The van der Waals surface area contributed by atoms with Gasteiger partial charge < -0.3 is 25.2 Å². The molecule has 186 valence electrons. The molecule has 2 amide bonds. The third-order valence-corrected chi connectivity index (χ3v) is 7.12. The van der Waals surface area contributed by atoms with E-state index < -0.39 is 11.5 Å². The summed E-state index contributed by atoms with van der Waals surface area (Å²) >= 11 is 6.32. The summed E-state index contributed by atoms with van der Waals surface area (Å²) in [5, 5.41) is 19.5. The second kappa shape index (κ2) is 9.37. The lowest BCUT2D eigenvalue weighted by Crippen LogP contribution is -2.52. The number of ether oxygens (including phenoxy) is 2. The van der Waals surface area contributed by atoms with Crippen molar-refractivity contribution in [2.45, 2.75) is 24.4 Å². The molecule has 2 aliphatic rings. The number of aromatic hydroxyl groups is 1. The van der Waals surface area contributed by atoms with Crippen molar-refractivity contribution in [1.29, 1.82) is 0 Å². The zero-order chi connectivity index (χ0) is 25.4. The van der Waals surface area contributed by atoms with Crippen LogP contribution in [0.3, 0.4) is 0 Å². The predicted octanol–water partition coefficient (Wildman–Crippen LogP) is 4.07. The molecule has 1 fully saturated rings. The zero-order valence-corrected chi connectivity index (χ0v) is 20.6. The Morgan fingerprint density at radius 2 is 1.89 bits per heavy atom. The number of halogens is 1. The van der Waals surface area contributed by atoms with Crippen molar-refractivity contribution in [3.63, 3.8) is 0 Å². The van der Waals surface area contributed by atoms with Crippen LogP contribution in [-0.4, -0.2) is 37.2 Å². The third kappa shape index (κ3) is 4.12. The van der Waals surface area contributed by atoms with Crippen LogP contribution >= 0.6 is 11.6 Å². The highest BCUT2D eigenvalue weighted by Crippen LogP contribution is 2.48. The maximum absolute atomic E-state index is 13.8. The van der Waals surface area contributed by atoms with E-state index in [0.717, 1.165) is 5.56 Å². The minimum absolute atomic E-state index is 0.179. The smallest absolute Gasteiger partial charge is 0.250 e. The molecular formula is C27H26ClN3O5. The van der Waals surface area contributed by atoms with E-state index >= 15 is 0 Å². The average Bonchev–Trinajstić information content (AvgIpc) is 3.38. The molecule has 0 radical (unpaired) electrons. The van der Waals surface area contributed by atoms with Gasteiger partial charge in [0, 0.05) is 28.4 Å². The van der Waals surface area contributed by atoms with E-state index in [2.05, 4.69) is 16.0 Å². The highest BCUT2D eigenvalue weighted by Gasteiger charge is 2.60. The molecule has 4 N–H and O–H groups in total. The Labute approximate surface area is 213 Å².